The molecule has 0 amide bonds. The van der Waals surface area contributed by atoms with Crippen molar-refractivity contribution in [1.29, 1.82) is 10.5 Å². The van der Waals surface area contributed by atoms with Crippen molar-refractivity contribution in [3.8, 4) is 23.6 Å². The first-order valence-electron chi connectivity index (χ1n) is 6.63. The molecule has 0 radical (unpaired) electrons. The number of nitrogens with zero attached hydrogens (tertiary/aromatic N) is 3. The molecule has 0 saturated carbocycles. The number of hydrogen-bond acceptors (Lipinski definition) is 6. The molecule has 2 atom stereocenters. The monoisotopic (exact) mass is 287 g/mol. The van der Waals surface area contributed by atoms with Gasteiger partial charge in [0.05, 0.1) is 51.3 Å². The zero-order valence-corrected chi connectivity index (χ0v) is 12.1. The maximum absolute atomic E-state index is 9.29. The summed E-state index contributed by atoms with van der Waals surface area (Å²) >= 11 is 0. The molecule has 0 spiro atoms. The van der Waals surface area contributed by atoms with Gasteiger partial charge in [-0.1, -0.05) is 6.07 Å². The molecule has 6 nitrogen and oxygen atoms in total. The maximum Gasteiger partial charge on any atom is 0.161 e. The normalized spacial score (nSPS) is 21.5. The van der Waals surface area contributed by atoms with Crippen LogP contribution in [0, 0.1) is 28.6 Å². The van der Waals surface area contributed by atoms with Crippen molar-refractivity contribution in [2.75, 3.05) is 27.4 Å². The number of nitriles is 2. The summed E-state index contributed by atoms with van der Waals surface area (Å²) in [5.41, 5.74) is 0.912. The van der Waals surface area contributed by atoms with E-state index in [1.165, 1.54) is 0 Å². The Morgan fingerprint density at radius 1 is 1.29 bits per heavy atom. The van der Waals surface area contributed by atoms with Gasteiger partial charge in [0.15, 0.2) is 11.5 Å². The number of benzene rings is 1. The number of ether oxygens (including phenoxy) is 2. The first-order valence-corrected chi connectivity index (χ1v) is 6.63. The highest BCUT2D eigenvalue weighted by Crippen LogP contribution is 2.38. The van der Waals surface area contributed by atoms with E-state index in [2.05, 4.69) is 12.1 Å². The summed E-state index contributed by atoms with van der Waals surface area (Å²) in [4.78, 5) is 5.54. The van der Waals surface area contributed by atoms with Crippen LogP contribution < -0.4 is 9.47 Å². The fraction of sp³-hybridized carbons (Fsp3) is 0.467. The lowest BCUT2D eigenvalue weighted by atomic mass is 9.95. The quantitative estimate of drug-likeness (QED) is 0.824. The highest BCUT2D eigenvalue weighted by atomic mass is 16.7. The highest BCUT2D eigenvalue weighted by Gasteiger charge is 2.37. The Labute approximate surface area is 124 Å². The van der Waals surface area contributed by atoms with Crippen molar-refractivity contribution in [2.24, 2.45) is 5.92 Å². The van der Waals surface area contributed by atoms with Crippen LogP contribution in [0.1, 0.15) is 18.0 Å². The van der Waals surface area contributed by atoms with E-state index >= 15 is 0 Å². The fourth-order valence-electron chi connectivity index (χ4n) is 2.46. The van der Waals surface area contributed by atoms with Crippen LogP contribution in [0.5, 0.6) is 11.5 Å². The lowest BCUT2D eigenvalue weighted by Gasteiger charge is -2.23. The van der Waals surface area contributed by atoms with Gasteiger partial charge in [-0.15, -0.1) is 0 Å². The van der Waals surface area contributed by atoms with Crippen LogP contribution in [0.3, 0.4) is 0 Å². The van der Waals surface area contributed by atoms with Crippen molar-refractivity contribution < 1.29 is 14.3 Å². The molecule has 0 bridgehead atoms. The van der Waals surface area contributed by atoms with E-state index in [-0.39, 0.29) is 12.0 Å². The van der Waals surface area contributed by atoms with Crippen LogP contribution >= 0.6 is 0 Å². The van der Waals surface area contributed by atoms with Gasteiger partial charge in [-0.05, 0) is 17.7 Å². The molecule has 1 aliphatic heterocycles. The van der Waals surface area contributed by atoms with Gasteiger partial charge in [0.25, 0.3) is 0 Å². The predicted molar refractivity (Wildman–Crippen MR) is 74.3 cm³/mol. The van der Waals surface area contributed by atoms with E-state index < -0.39 is 0 Å². The van der Waals surface area contributed by atoms with Crippen molar-refractivity contribution >= 4 is 0 Å². The molecule has 1 aromatic rings. The molecule has 0 N–H and O–H groups in total. The molecular weight excluding hydrogens is 270 g/mol. The number of methoxy groups -OCH3 is 2. The van der Waals surface area contributed by atoms with E-state index in [4.69, 9.17) is 19.6 Å². The molecule has 1 saturated heterocycles. The standard InChI is InChI=1S/C15H17N3O3/c1-19-13-5-4-11(8-14(13)20-2)15-12(9-17)10-21-18(15)7-3-6-16/h4-5,8,12,15H,3,7,10H2,1-2H3. The van der Waals surface area contributed by atoms with Gasteiger partial charge < -0.3 is 9.47 Å². The molecule has 0 aromatic heterocycles. The Hall–Kier alpha value is -2.28. The maximum atomic E-state index is 9.29. The molecule has 1 aromatic carbocycles. The zero-order valence-electron chi connectivity index (χ0n) is 12.1. The van der Waals surface area contributed by atoms with Gasteiger partial charge in [0.1, 0.15) is 0 Å². The number of hydroxylamine groups is 2. The van der Waals surface area contributed by atoms with Crippen molar-refractivity contribution in [1.82, 2.24) is 5.06 Å². The van der Waals surface area contributed by atoms with Gasteiger partial charge in [0, 0.05) is 6.54 Å². The Kier molecular flexibility index (Phi) is 4.99. The third-order valence-electron chi connectivity index (χ3n) is 3.47. The van der Waals surface area contributed by atoms with Crippen molar-refractivity contribution in [3.05, 3.63) is 23.8 Å². The van der Waals surface area contributed by atoms with Crippen molar-refractivity contribution in [2.45, 2.75) is 12.5 Å². The average Bonchev–Trinajstić information content (AvgIpc) is 2.95. The number of hydrogen-bond donors (Lipinski definition) is 0. The van der Waals surface area contributed by atoms with E-state index in [0.29, 0.717) is 31.1 Å². The Morgan fingerprint density at radius 3 is 2.67 bits per heavy atom. The van der Waals surface area contributed by atoms with Gasteiger partial charge >= 0.3 is 0 Å². The van der Waals surface area contributed by atoms with Crippen LogP contribution in [-0.2, 0) is 4.84 Å². The summed E-state index contributed by atoms with van der Waals surface area (Å²) in [6.07, 6.45) is 0.349. The van der Waals surface area contributed by atoms with Gasteiger partial charge in [0.2, 0.25) is 0 Å². The third-order valence-corrected chi connectivity index (χ3v) is 3.47. The largest absolute Gasteiger partial charge is 0.493 e. The summed E-state index contributed by atoms with van der Waals surface area (Å²) < 4.78 is 10.5. The Balaban J connectivity index is 2.32. The van der Waals surface area contributed by atoms with Gasteiger partial charge in [-0.2, -0.15) is 15.6 Å². The average molecular weight is 287 g/mol. The minimum Gasteiger partial charge on any atom is -0.493 e. The molecular formula is C15H17N3O3. The Bertz CT molecular complexity index is 577. The SMILES string of the molecule is COc1ccc(C2C(C#N)CON2CCC#N)cc1OC. The molecule has 6 heteroatoms. The van der Waals surface area contributed by atoms with E-state index in [1.807, 2.05) is 18.2 Å². The van der Waals surface area contributed by atoms with Crippen LogP contribution in [0.25, 0.3) is 0 Å². The summed E-state index contributed by atoms with van der Waals surface area (Å²) in [6, 6.07) is 9.70. The topological polar surface area (TPSA) is 78.5 Å². The lowest BCUT2D eigenvalue weighted by Crippen LogP contribution is -2.25. The predicted octanol–water partition coefficient (Wildman–Crippen LogP) is 2.05. The molecule has 1 aliphatic rings. The number of rotatable bonds is 5. The van der Waals surface area contributed by atoms with E-state index in [1.54, 1.807) is 19.3 Å². The summed E-state index contributed by atoms with van der Waals surface area (Å²) in [5, 5.41) is 19.7. The molecule has 2 unspecified atom stereocenters. The molecule has 0 aliphatic carbocycles. The second kappa shape index (κ2) is 6.94. The minimum atomic E-state index is -0.276. The van der Waals surface area contributed by atoms with Gasteiger partial charge in [-0.25, -0.2) is 0 Å². The van der Waals surface area contributed by atoms with Crippen LogP contribution in [0.15, 0.2) is 18.2 Å². The smallest absolute Gasteiger partial charge is 0.161 e. The Morgan fingerprint density at radius 2 is 2.05 bits per heavy atom. The van der Waals surface area contributed by atoms with Crippen LogP contribution in [-0.4, -0.2) is 32.4 Å². The summed E-state index contributed by atoms with van der Waals surface area (Å²) in [7, 11) is 3.15. The highest BCUT2D eigenvalue weighted by molar-refractivity contribution is 5.44. The first kappa shape index (κ1) is 15.1. The lowest BCUT2D eigenvalue weighted by molar-refractivity contribution is -0.131. The molecule has 1 heterocycles. The molecule has 2 rings (SSSR count). The van der Waals surface area contributed by atoms with Gasteiger partial charge in [-0.3, -0.25) is 4.84 Å². The van der Waals surface area contributed by atoms with E-state index in [0.717, 1.165) is 5.56 Å². The first-order chi connectivity index (χ1) is 10.2. The second-order valence-corrected chi connectivity index (χ2v) is 4.64. The third kappa shape index (κ3) is 3.08. The summed E-state index contributed by atoms with van der Waals surface area (Å²) in [6.45, 7) is 0.800. The summed E-state index contributed by atoms with van der Waals surface area (Å²) in [5.74, 6) is 0.970. The minimum absolute atomic E-state index is 0.205. The zero-order chi connectivity index (χ0) is 15.2. The fourth-order valence-corrected chi connectivity index (χ4v) is 2.46. The van der Waals surface area contributed by atoms with Crippen LogP contribution in [0.2, 0.25) is 0 Å². The molecule has 110 valence electrons. The van der Waals surface area contributed by atoms with E-state index in [9.17, 15) is 5.26 Å². The molecule has 1 fully saturated rings. The van der Waals surface area contributed by atoms with Crippen LogP contribution in [0.4, 0.5) is 0 Å². The molecule has 21 heavy (non-hydrogen) atoms. The second-order valence-electron chi connectivity index (χ2n) is 4.64. The van der Waals surface area contributed by atoms with Crippen molar-refractivity contribution in [3.63, 3.8) is 0 Å².